The molecule has 1 unspecified atom stereocenters. The summed E-state index contributed by atoms with van der Waals surface area (Å²) in [7, 11) is 2.94. The van der Waals surface area contributed by atoms with Crippen LogP contribution in [0.4, 0.5) is 5.69 Å². The number of ether oxygens (including phenoxy) is 1. The molecule has 0 radical (unpaired) electrons. The number of para-hydroxylation sites is 1. The third-order valence-electron chi connectivity index (χ3n) is 2.48. The number of rotatable bonds is 4. The van der Waals surface area contributed by atoms with Crippen molar-refractivity contribution < 1.29 is 14.3 Å². The maximum atomic E-state index is 12.0. The molecule has 0 heterocycles. The molecular weight excluding hydrogens is 234 g/mol. The lowest BCUT2D eigenvalue weighted by atomic mass is 10.1. The summed E-state index contributed by atoms with van der Waals surface area (Å²) >= 11 is 0. The van der Waals surface area contributed by atoms with E-state index < -0.39 is 11.9 Å². The zero-order valence-corrected chi connectivity index (χ0v) is 10.6. The van der Waals surface area contributed by atoms with Gasteiger partial charge in [0.2, 0.25) is 5.91 Å². The van der Waals surface area contributed by atoms with Gasteiger partial charge in [0.25, 0.3) is 5.91 Å². The minimum atomic E-state index is -0.631. The Morgan fingerprint density at radius 1 is 1.39 bits per heavy atom. The third-order valence-corrected chi connectivity index (χ3v) is 2.48. The summed E-state index contributed by atoms with van der Waals surface area (Å²) in [6.07, 6.45) is 0. The SMILES string of the molecule is CNC(=O)C(C)NC(=O)c1cccc(N)c1OC. The molecule has 0 aliphatic rings. The number of methoxy groups -OCH3 is 1. The number of nitrogens with two attached hydrogens (primary N) is 1. The van der Waals surface area contributed by atoms with Crippen molar-refractivity contribution in [3.05, 3.63) is 23.8 Å². The molecule has 0 saturated carbocycles. The zero-order chi connectivity index (χ0) is 13.7. The Morgan fingerprint density at radius 3 is 2.61 bits per heavy atom. The van der Waals surface area contributed by atoms with Gasteiger partial charge in [-0.1, -0.05) is 6.07 Å². The second-order valence-corrected chi connectivity index (χ2v) is 3.74. The van der Waals surface area contributed by atoms with E-state index in [9.17, 15) is 9.59 Å². The van der Waals surface area contributed by atoms with Gasteiger partial charge in [0.15, 0.2) is 5.75 Å². The Morgan fingerprint density at radius 2 is 2.06 bits per heavy atom. The topological polar surface area (TPSA) is 93.5 Å². The predicted molar refractivity (Wildman–Crippen MR) is 68.4 cm³/mol. The number of likely N-dealkylation sites (N-methyl/N-ethyl adjacent to an activating group) is 1. The fraction of sp³-hybridized carbons (Fsp3) is 0.333. The highest BCUT2D eigenvalue weighted by atomic mass is 16.5. The predicted octanol–water partition coefficient (Wildman–Crippen LogP) is 0.142. The van der Waals surface area contributed by atoms with Crippen molar-refractivity contribution in [1.29, 1.82) is 0 Å². The number of nitrogen functional groups attached to an aromatic ring is 1. The van der Waals surface area contributed by atoms with E-state index in [0.29, 0.717) is 17.0 Å². The number of benzene rings is 1. The summed E-state index contributed by atoms with van der Waals surface area (Å²) < 4.78 is 5.08. The van der Waals surface area contributed by atoms with E-state index >= 15 is 0 Å². The fourth-order valence-corrected chi connectivity index (χ4v) is 1.52. The first kappa shape index (κ1) is 13.8. The zero-order valence-electron chi connectivity index (χ0n) is 10.6. The summed E-state index contributed by atoms with van der Waals surface area (Å²) in [5, 5.41) is 5.01. The molecule has 0 spiro atoms. The highest BCUT2D eigenvalue weighted by molar-refractivity contribution is 6.00. The molecular formula is C12H17N3O3. The van der Waals surface area contributed by atoms with Gasteiger partial charge in [0.1, 0.15) is 6.04 Å². The van der Waals surface area contributed by atoms with Crippen molar-refractivity contribution >= 4 is 17.5 Å². The van der Waals surface area contributed by atoms with Crippen molar-refractivity contribution in [2.45, 2.75) is 13.0 Å². The van der Waals surface area contributed by atoms with Gasteiger partial charge in [-0.05, 0) is 19.1 Å². The van der Waals surface area contributed by atoms with Crippen LogP contribution in [0.3, 0.4) is 0 Å². The number of hydrogen-bond acceptors (Lipinski definition) is 4. The molecule has 1 atom stereocenters. The molecule has 4 N–H and O–H groups in total. The molecule has 1 aromatic carbocycles. The van der Waals surface area contributed by atoms with E-state index in [4.69, 9.17) is 10.5 Å². The van der Waals surface area contributed by atoms with Crippen LogP contribution in [0.15, 0.2) is 18.2 Å². The lowest BCUT2D eigenvalue weighted by molar-refractivity contribution is -0.122. The maximum Gasteiger partial charge on any atom is 0.255 e. The van der Waals surface area contributed by atoms with Crippen molar-refractivity contribution in [2.24, 2.45) is 0 Å². The van der Waals surface area contributed by atoms with Crippen LogP contribution < -0.4 is 21.1 Å². The largest absolute Gasteiger partial charge is 0.494 e. The van der Waals surface area contributed by atoms with Gasteiger partial charge in [-0.3, -0.25) is 9.59 Å². The number of amides is 2. The van der Waals surface area contributed by atoms with Gasteiger partial charge in [-0.15, -0.1) is 0 Å². The molecule has 0 aliphatic carbocycles. The van der Waals surface area contributed by atoms with E-state index in [-0.39, 0.29) is 5.91 Å². The molecule has 6 heteroatoms. The summed E-state index contributed by atoms with van der Waals surface area (Å²) in [6.45, 7) is 1.59. The number of nitrogens with one attached hydrogen (secondary N) is 2. The van der Waals surface area contributed by atoms with Gasteiger partial charge < -0.3 is 21.1 Å². The summed E-state index contributed by atoms with van der Waals surface area (Å²) in [5.74, 6) is -0.374. The molecule has 6 nitrogen and oxygen atoms in total. The van der Waals surface area contributed by atoms with Gasteiger partial charge >= 0.3 is 0 Å². The van der Waals surface area contributed by atoms with Crippen molar-refractivity contribution in [2.75, 3.05) is 19.9 Å². The quantitative estimate of drug-likeness (QED) is 0.664. The van der Waals surface area contributed by atoms with E-state index in [2.05, 4.69) is 10.6 Å². The van der Waals surface area contributed by atoms with Crippen molar-refractivity contribution in [3.8, 4) is 5.75 Å². The lowest BCUT2D eigenvalue weighted by Crippen LogP contribution is -2.43. The minimum absolute atomic E-state index is 0.272. The van der Waals surface area contributed by atoms with Crippen LogP contribution in [0.1, 0.15) is 17.3 Å². The van der Waals surface area contributed by atoms with E-state index in [1.165, 1.54) is 14.2 Å². The average Bonchev–Trinajstić information content (AvgIpc) is 2.37. The smallest absolute Gasteiger partial charge is 0.255 e. The number of hydrogen-bond donors (Lipinski definition) is 3. The number of carbonyl (C=O) groups is 2. The molecule has 0 aromatic heterocycles. The van der Waals surface area contributed by atoms with Crippen LogP contribution in [0.2, 0.25) is 0 Å². The molecule has 0 saturated heterocycles. The number of carbonyl (C=O) groups excluding carboxylic acids is 2. The van der Waals surface area contributed by atoms with Crippen molar-refractivity contribution in [1.82, 2.24) is 10.6 Å². The maximum absolute atomic E-state index is 12.0. The normalized spacial score (nSPS) is 11.5. The molecule has 2 amide bonds. The monoisotopic (exact) mass is 251 g/mol. The molecule has 1 aromatic rings. The fourth-order valence-electron chi connectivity index (χ4n) is 1.52. The Kier molecular flexibility index (Phi) is 4.53. The van der Waals surface area contributed by atoms with Crippen LogP contribution in [0, 0.1) is 0 Å². The van der Waals surface area contributed by atoms with Crippen LogP contribution >= 0.6 is 0 Å². The minimum Gasteiger partial charge on any atom is -0.494 e. The van der Waals surface area contributed by atoms with E-state index in [1.807, 2.05) is 0 Å². The second-order valence-electron chi connectivity index (χ2n) is 3.74. The molecule has 0 fully saturated rings. The average molecular weight is 251 g/mol. The molecule has 18 heavy (non-hydrogen) atoms. The number of anilines is 1. The first-order valence-electron chi connectivity index (χ1n) is 5.46. The molecule has 1 rings (SSSR count). The summed E-state index contributed by atoms with van der Waals surface area (Å²) in [5.41, 5.74) is 6.37. The highest BCUT2D eigenvalue weighted by Gasteiger charge is 2.19. The van der Waals surface area contributed by atoms with Gasteiger partial charge in [-0.25, -0.2) is 0 Å². The van der Waals surface area contributed by atoms with E-state index in [0.717, 1.165) is 0 Å². The Labute approximate surface area is 105 Å². The van der Waals surface area contributed by atoms with Gasteiger partial charge in [0.05, 0.1) is 18.4 Å². The van der Waals surface area contributed by atoms with Gasteiger partial charge in [-0.2, -0.15) is 0 Å². The van der Waals surface area contributed by atoms with Crippen LogP contribution in [-0.4, -0.2) is 32.0 Å². The highest BCUT2D eigenvalue weighted by Crippen LogP contribution is 2.25. The summed E-state index contributed by atoms with van der Waals surface area (Å²) in [4.78, 5) is 23.3. The van der Waals surface area contributed by atoms with E-state index in [1.54, 1.807) is 25.1 Å². The Bertz CT molecular complexity index is 460. The second kappa shape index (κ2) is 5.90. The van der Waals surface area contributed by atoms with Crippen LogP contribution in [0.5, 0.6) is 5.75 Å². The van der Waals surface area contributed by atoms with Crippen molar-refractivity contribution in [3.63, 3.8) is 0 Å². The Hall–Kier alpha value is -2.24. The van der Waals surface area contributed by atoms with Crippen LogP contribution in [-0.2, 0) is 4.79 Å². The van der Waals surface area contributed by atoms with Crippen LogP contribution in [0.25, 0.3) is 0 Å². The summed E-state index contributed by atoms with van der Waals surface area (Å²) in [6, 6.07) is 4.24. The molecule has 0 bridgehead atoms. The lowest BCUT2D eigenvalue weighted by Gasteiger charge is -2.14. The molecule has 0 aliphatic heterocycles. The van der Waals surface area contributed by atoms with Gasteiger partial charge in [0, 0.05) is 7.05 Å². The third kappa shape index (κ3) is 2.91. The Balaban J connectivity index is 2.91. The molecule has 98 valence electrons. The first-order valence-corrected chi connectivity index (χ1v) is 5.46. The first-order chi connectivity index (χ1) is 8.51. The standard InChI is InChI=1S/C12H17N3O3/c1-7(11(16)14-2)15-12(17)8-5-4-6-9(13)10(8)18-3/h4-7H,13H2,1-3H3,(H,14,16)(H,15,17).